The maximum absolute atomic E-state index is 13.6. The Bertz CT molecular complexity index is 842. The second-order valence-corrected chi connectivity index (χ2v) is 9.96. The first-order valence-corrected chi connectivity index (χ1v) is 11.5. The molecule has 28 heavy (non-hydrogen) atoms. The monoisotopic (exact) mass is 445 g/mol. The number of nitrogens with one attached hydrogen (secondary N) is 1. The van der Waals surface area contributed by atoms with Crippen LogP contribution in [0.15, 0.2) is 35.7 Å². The highest BCUT2D eigenvalue weighted by atomic mass is 35.5. The summed E-state index contributed by atoms with van der Waals surface area (Å²) in [4.78, 5) is 15.0. The number of piperidine rings is 1. The molecule has 154 valence electrons. The lowest BCUT2D eigenvalue weighted by atomic mass is 9.90. The van der Waals surface area contributed by atoms with Crippen molar-refractivity contribution in [3.63, 3.8) is 0 Å². The van der Waals surface area contributed by atoms with Gasteiger partial charge in [0.25, 0.3) is 0 Å². The highest BCUT2D eigenvalue weighted by Crippen LogP contribution is 2.38. The van der Waals surface area contributed by atoms with Gasteiger partial charge in [-0.2, -0.15) is 4.31 Å². The lowest BCUT2D eigenvalue weighted by Crippen LogP contribution is -2.54. The van der Waals surface area contributed by atoms with Gasteiger partial charge in [0.2, 0.25) is 15.9 Å². The van der Waals surface area contributed by atoms with Crippen molar-refractivity contribution < 1.29 is 13.2 Å². The van der Waals surface area contributed by atoms with E-state index >= 15 is 0 Å². The molecule has 3 atom stereocenters. The minimum atomic E-state index is -3.96. The van der Waals surface area contributed by atoms with E-state index in [0.717, 1.165) is 6.42 Å². The van der Waals surface area contributed by atoms with Crippen molar-refractivity contribution >= 4 is 39.1 Å². The standard InChI is InChI=1S/C19H25Cl2N3O3S/c1-3-13-12-23(8-7-22-2)19(25)18-6-4-5-17(13)24(18)28(26,27)16-10-14(20)9-15(21)11-16/h3,9-11,13,17-18,22H,1,4-8,12H2,2H3/t13-,17+,18-/m0/s1. The van der Waals surface area contributed by atoms with Gasteiger partial charge in [-0.05, 0) is 44.5 Å². The average Bonchev–Trinajstić information content (AvgIpc) is 2.72. The molecule has 3 rings (SSSR count). The Kier molecular flexibility index (Phi) is 6.72. The third kappa shape index (κ3) is 4.09. The zero-order valence-corrected chi connectivity index (χ0v) is 18.1. The van der Waals surface area contributed by atoms with Crippen LogP contribution in [0.4, 0.5) is 0 Å². The number of sulfonamides is 1. The van der Waals surface area contributed by atoms with Crippen LogP contribution < -0.4 is 5.32 Å². The van der Waals surface area contributed by atoms with Gasteiger partial charge in [0.1, 0.15) is 6.04 Å². The molecule has 1 N–H and O–H groups in total. The molecule has 0 radical (unpaired) electrons. The molecule has 2 heterocycles. The lowest BCUT2D eigenvalue weighted by Gasteiger charge is -2.40. The Morgan fingerprint density at radius 1 is 1.25 bits per heavy atom. The summed E-state index contributed by atoms with van der Waals surface area (Å²) in [5.74, 6) is -0.295. The van der Waals surface area contributed by atoms with Crippen LogP contribution in [0.1, 0.15) is 19.3 Å². The Hall–Kier alpha value is -1.12. The van der Waals surface area contributed by atoms with Crippen molar-refractivity contribution in [3.05, 3.63) is 40.9 Å². The molecular formula is C19H25Cl2N3O3S. The maximum Gasteiger partial charge on any atom is 0.244 e. The molecule has 2 saturated heterocycles. The lowest BCUT2D eigenvalue weighted by molar-refractivity contribution is -0.135. The fraction of sp³-hybridized carbons (Fsp3) is 0.526. The van der Waals surface area contributed by atoms with Gasteiger partial charge >= 0.3 is 0 Å². The predicted molar refractivity (Wildman–Crippen MR) is 111 cm³/mol. The van der Waals surface area contributed by atoms with Crippen molar-refractivity contribution in [1.82, 2.24) is 14.5 Å². The van der Waals surface area contributed by atoms with E-state index < -0.39 is 16.1 Å². The third-order valence-electron chi connectivity index (χ3n) is 5.48. The van der Waals surface area contributed by atoms with Gasteiger partial charge in [0.05, 0.1) is 4.90 Å². The Morgan fingerprint density at radius 2 is 1.93 bits per heavy atom. The predicted octanol–water partition coefficient (Wildman–Crippen LogP) is 2.77. The molecule has 2 bridgehead atoms. The first kappa shape index (κ1) is 21.6. The van der Waals surface area contributed by atoms with E-state index in [1.165, 1.54) is 22.5 Å². The van der Waals surface area contributed by atoms with Crippen LogP contribution in [0.25, 0.3) is 0 Å². The van der Waals surface area contributed by atoms with Gasteiger partial charge in [-0.15, -0.1) is 6.58 Å². The SMILES string of the molecule is C=C[C@H]1CN(CCNC)C(=O)[C@@H]2CCC[C@H]1N2S(=O)(=O)c1cc(Cl)cc(Cl)c1. The van der Waals surface area contributed by atoms with Crippen molar-refractivity contribution in [2.45, 2.75) is 36.2 Å². The second-order valence-electron chi connectivity index (χ2n) is 7.24. The summed E-state index contributed by atoms with van der Waals surface area (Å²) in [5, 5.41) is 3.53. The van der Waals surface area contributed by atoms with Crippen LogP contribution in [0, 0.1) is 5.92 Å². The highest BCUT2D eigenvalue weighted by molar-refractivity contribution is 7.89. The summed E-state index contributed by atoms with van der Waals surface area (Å²) in [6, 6.07) is 3.22. The van der Waals surface area contributed by atoms with Gasteiger partial charge in [0.15, 0.2) is 0 Å². The summed E-state index contributed by atoms with van der Waals surface area (Å²) in [6.07, 6.45) is 3.76. The number of hydrogen-bond donors (Lipinski definition) is 1. The van der Waals surface area contributed by atoms with Gasteiger partial charge in [-0.1, -0.05) is 29.3 Å². The van der Waals surface area contributed by atoms with E-state index in [1.54, 1.807) is 11.0 Å². The molecule has 0 saturated carbocycles. The van der Waals surface area contributed by atoms with E-state index in [9.17, 15) is 13.2 Å². The van der Waals surface area contributed by atoms with Crippen molar-refractivity contribution in [2.75, 3.05) is 26.7 Å². The molecular weight excluding hydrogens is 421 g/mol. The van der Waals surface area contributed by atoms with Crippen LogP contribution in [-0.2, 0) is 14.8 Å². The number of halogens is 2. The van der Waals surface area contributed by atoms with E-state index in [-0.39, 0.29) is 32.8 Å². The molecule has 1 amide bonds. The molecule has 0 aromatic heterocycles. The van der Waals surface area contributed by atoms with Crippen LogP contribution in [0.3, 0.4) is 0 Å². The summed E-state index contributed by atoms with van der Waals surface area (Å²) in [6.45, 7) is 5.55. The number of likely N-dealkylation sites (N-methyl/N-ethyl adjacent to an activating group) is 1. The number of carbonyl (C=O) groups excluding carboxylic acids is 1. The minimum absolute atomic E-state index is 0.0150. The summed E-state index contributed by atoms with van der Waals surface area (Å²) in [7, 11) is -2.13. The van der Waals surface area contributed by atoms with Crippen molar-refractivity contribution in [3.8, 4) is 0 Å². The van der Waals surface area contributed by atoms with Crippen LogP contribution >= 0.6 is 23.2 Å². The number of rotatable bonds is 6. The summed E-state index contributed by atoms with van der Waals surface area (Å²) >= 11 is 12.1. The molecule has 9 heteroatoms. The van der Waals surface area contributed by atoms with Crippen molar-refractivity contribution in [2.24, 2.45) is 5.92 Å². The quantitative estimate of drug-likeness (QED) is 0.683. The molecule has 0 unspecified atom stereocenters. The Balaban J connectivity index is 2.07. The van der Waals surface area contributed by atoms with Crippen LogP contribution in [-0.4, -0.2) is 62.3 Å². The first-order chi connectivity index (χ1) is 13.3. The van der Waals surface area contributed by atoms with Crippen LogP contribution in [0.5, 0.6) is 0 Å². The fourth-order valence-corrected chi connectivity index (χ4v) is 6.74. The van der Waals surface area contributed by atoms with Crippen molar-refractivity contribution in [1.29, 1.82) is 0 Å². The second kappa shape index (κ2) is 8.71. The summed E-state index contributed by atoms with van der Waals surface area (Å²) in [5.41, 5.74) is 0. The molecule has 0 aliphatic carbocycles. The fourth-order valence-electron chi connectivity index (χ4n) is 4.14. The first-order valence-electron chi connectivity index (χ1n) is 9.35. The third-order valence-corrected chi connectivity index (χ3v) is 7.83. The Morgan fingerprint density at radius 3 is 2.54 bits per heavy atom. The van der Waals surface area contributed by atoms with Gasteiger partial charge in [-0.3, -0.25) is 4.79 Å². The smallest absolute Gasteiger partial charge is 0.244 e. The number of nitrogens with zero attached hydrogens (tertiary/aromatic N) is 2. The number of benzene rings is 1. The minimum Gasteiger partial charge on any atom is -0.339 e. The molecule has 2 aliphatic rings. The van der Waals surface area contributed by atoms with Gasteiger partial charge < -0.3 is 10.2 Å². The molecule has 2 aliphatic heterocycles. The zero-order chi connectivity index (χ0) is 20.5. The maximum atomic E-state index is 13.6. The molecule has 2 fully saturated rings. The molecule has 0 spiro atoms. The molecule has 1 aromatic carbocycles. The van der Waals surface area contributed by atoms with E-state index in [2.05, 4.69) is 11.9 Å². The van der Waals surface area contributed by atoms with E-state index in [1.807, 2.05) is 7.05 Å². The number of hydrogen-bond acceptors (Lipinski definition) is 4. The number of carbonyl (C=O) groups is 1. The summed E-state index contributed by atoms with van der Waals surface area (Å²) < 4.78 is 28.5. The van der Waals surface area contributed by atoms with E-state index in [0.29, 0.717) is 32.5 Å². The van der Waals surface area contributed by atoms with Gasteiger partial charge in [-0.25, -0.2) is 8.42 Å². The Labute approximate surface area is 176 Å². The molecule has 1 aromatic rings. The zero-order valence-electron chi connectivity index (χ0n) is 15.8. The molecule has 6 nitrogen and oxygen atoms in total. The topological polar surface area (TPSA) is 69.7 Å². The average molecular weight is 446 g/mol. The van der Waals surface area contributed by atoms with Crippen LogP contribution in [0.2, 0.25) is 10.0 Å². The number of fused-ring (bicyclic) bond motifs is 2. The van der Waals surface area contributed by atoms with E-state index in [4.69, 9.17) is 23.2 Å². The number of amides is 1. The van der Waals surface area contributed by atoms with Gasteiger partial charge in [0, 0.05) is 41.6 Å². The largest absolute Gasteiger partial charge is 0.339 e. The normalized spacial score (nSPS) is 26.2. The highest BCUT2D eigenvalue weighted by Gasteiger charge is 2.49.